The average Bonchev–Trinajstić information content (AvgIpc) is 3.34. The summed E-state index contributed by atoms with van der Waals surface area (Å²) < 4.78 is 33.1. The minimum Gasteiger partial charge on any atom is -0.392 e. The van der Waals surface area contributed by atoms with Crippen LogP contribution >= 0.6 is 0 Å². The van der Waals surface area contributed by atoms with Gasteiger partial charge >= 0.3 is 0 Å². The highest BCUT2D eigenvalue weighted by Gasteiger charge is 2.44. The summed E-state index contributed by atoms with van der Waals surface area (Å²) >= 11 is 0. The van der Waals surface area contributed by atoms with Gasteiger partial charge in [-0.25, -0.2) is 8.78 Å². The molecule has 0 radical (unpaired) electrons. The zero-order chi connectivity index (χ0) is 22.7. The molecule has 1 aliphatic heterocycles. The molecule has 172 valence electrons. The summed E-state index contributed by atoms with van der Waals surface area (Å²) in [5, 5.41) is 14.2. The molecule has 0 bridgehead atoms. The van der Waals surface area contributed by atoms with Gasteiger partial charge in [-0.05, 0) is 66.8 Å². The number of amides is 1. The number of primary amides is 1. The predicted molar refractivity (Wildman–Crippen MR) is 117 cm³/mol. The molecule has 32 heavy (non-hydrogen) atoms. The van der Waals surface area contributed by atoms with Crippen molar-refractivity contribution in [3.8, 4) is 0 Å². The first-order chi connectivity index (χ1) is 15.3. The van der Waals surface area contributed by atoms with Crippen LogP contribution in [0, 0.1) is 11.6 Å². The number of halogens is 2. The number of carbonyl (C=O) groups excluding carboxylic acids is 1. The Balaban J connectivity index is 1.40. The van der Waals surface area contributed by atoms with Crippen molar-refractivity contribution in [2.75, 3.05) is 13.2 Å². The largest absolute Gasteiger partial charge is 0.392 e. The summed E-state index contributed by atoms with van der Waals surface area (Å²) in [6.07, 6.45) is 3.47. The van der Waals surface area contributed by atoms with Crippen LogP contribution in [0.1, 0.15) is 67.2 Å². The van der Waals surface area contributed by atoms with Gasteiger partial charge in [0, 0.05) is 31.2 Å². The van der Waals surface area contributed by atoms with E-state index in [1.807, 2.05) is 6.07 Å². The van der Waals surface area contributed by atoms with Crippen molar-refractivity contribution in [1.29, 1.82) is 0 Å². The standard InChI is InChI=1S/C25H30F2N2O3/c26-20-10-17(11-21(27)14-20)18(13-24(28)31)12-22(30)15-29-25(6-7-25)19-4-1-3-16(9-19)23-5-2-8-32-23/h1,3-4,9-11,14,18,22-23,29-30H,2,5-8,12-13,15H2,(H2,28,31). The number of rotatable bonds is 10. The van der Waals surface area contributed by atoms with Crippen LogP contribution in [0.15, 0.2) is 42.5 Å². The van der Waals surface area contributed by atoms with Crippen molar-refractivity contribution in [2.24, 2.45) is 5.73 Å². The fourth-order valence-corrected chi connectivity index (χ4v) is 4.69. The second kappa shape index (κ2) is 9.65. The highest BCUT2D eigenvalue weighted by atomic mass is 19.1. The van der Waals surface area contributed by atoms with Crippen molar-refractivity contribution in [3.05, 3.63) is 70.8 Å². The molecule has 3 atom stereocenters. The minimum absolute atomic E-state index is 0.0888. The summed E-state index contributed by atoms with van der Waals surface area (Å²) in [4.78, 5) is 11.5. The average molecular weight is 445 g/mol. The molecule has 1 aliphatic carbocycles. The molecule has 7 heteroatoms. The van der Waals surface area contributed by atoms with Gasteiger partial charge in [0.25, 0.3) is 0 Å². The lowest BCUT2D eigenvalue weighted by molar-refractivity contribution is -0.118. The minimum atomic E-state index is -0.801. The van der Waals surface area contributed by atoms with Crippen LogP contribution in [0.2, 0.25) is 0 Å². The van der Waals surface area contributed by atoms with Gasteiger partial charge in [-0.3, -0.25) is 4.79 Å². The van der Waals surface area contributed by atoms with Gasteiger partial charge in [-0.15, -0.1) is 0 Å². The van der Waals surface area contributed by atoms with E-state index in [0.29, 0.717) is 12.1 Å². The Hall–Kier alpha value is -2.35. The third kappa shape index (κ3) is 5.52. The Morgan fingerprint density at radius 1 is 1.22 bits per heavy atom. The molecule has 2 aromatic rings. The van der Waals surface area contributed by atoms with Crippen molar-refractivity contribution >= 4 is 5.91 Å². The summed E-state index contributed by atoms with van der Waals surface area (Å²) in [6.45, 7) is 1.10. The van der Waals surface area contributed by atoms with E-state index in [1.54, 1.807) is 0 Å². The predicted octanol–water partition coefficient (Wildman–Crippen LogP) is 3.81. The van der Waals surface area contributed by atoms with Gasteiger partial charge in [-0.2, -0.15) is 0 Å². The maximum atomic E-state index is 13.7. The quantitative estimate of drug-likeness (QED) is 0.520. The number of hydrogen-bond acceptors (Lipinski definition) is 4. The number of benzene rings is 2. The molecule has 1 saturated heterocycles. The van der Waals surface area contributed by atoms with E-state index < -0.39 is 29.6 Å². The van der Waals surface area contributed by atoms with E-state index in [1.165, 1.54) is 23.3 Å². The third-order valence-corrected chi connectivity index (χ3v) is 6.53. The Morgan fingerprint density at radius 2 is 1.97 bits per heavy atom. The van der Waals surface area contributed by atoms with Crippen LogP contribution in [0.3, 0.4) is 0 Å². The highest BCUT2D eigenvalue weighted by molar-refractivity contribution is 5.74. The van der Waals surface area contributed by atoms with Crippen molar-refractivity contribution in [1.82, 2.24) is 5.32 Å². The molecule has 1 heterocycles. The van der Waals surface area contributed by atoms with Crippen LogP contribution in [-0.4, -0.2) is 30.3 Å². The first-order valence-electron chi connectivity index (χ1n) is 11.2. The van der Waals surface area contributed by atoms with Gasteiger partial charge in [0.2, 0.25) is 5.91 Å². The lowest BCUT2D eigenvalue weighted by Gasteiger charge is -2.24. The molecule has 5 nitrogen and oxygen atoms in total. The van der Waals surface area contributed by atoms with Crippen molar-refractivity contribution in [2.45, 2.75) is 62.2 Å². The Bertz CT molecular complexity index is 938. The van der Waals surface area contributed by atoms with Gasteiger partial charge in [0.1, 0.15) is 11.6 Å². The molecule has 1 saturated carbocycles. The highest BCUT2D eigenvalue weighted by Crippen LogP contribution is 2.46. The van der Waals surface area contributed by atoms with E-state index in [4.69, 9.17) is 10.5 Å². The molecule has 2 aromatic carbocycles. The van der Waals surface area contributed by atoms with Gasteiger partial charge < -0.3 is 20.9 Å². The molecule has 0 aromatic heterocycles. The smallest absolute Gasteiger partial charge is 0.218 e. The number of hydrogen-bond donors (Lipinski definition) is 3. The van der Waals surface area contributed by atoms with Crippen LogP contribution in [0.5, 0.6) is 0 Å². The van der Waals surface area contributed by atoms with Crippen LogP contribution in [0.25, 0.3) is 0 Å². The molecule has 3 unspecified atom stereocenters. The molecule has 4 rings (SSSR count). The molecular formula is C25H30F2N2O3. The zero-order valence-corrected chi connectivity index (χ0v) is 18.0. The van der Waals surface area contributed by atoms with Gasteiger partial charge in [-0.1, -0.05) is 24.3 Å². The monoisotopic (exact) mass is 444 g/mol. The van der Waals surface area contributed by atoms with Gasteiger partial charge in [0.15, 0.2) is 0 Å². The van der Waals surface area contributed by atoms with Gasteiger partial charge in [0.05, 0.1) is 12.2 Å². The number of aliphatic hydroxyl groups excluding tert-OH is 1. The van der Waals surface area contributed by atoms with E-state index in [9.17, 15) is 18.7 Å². The number of carbonyl (C=O) groups is 1. The maximum absolute atomic E-state index is 13.7. The Labute approximate surface area is 187 Å². The number of nitrogens with two attached hydrogens (primary N) is 1. The van der Waals surface area contributed by atoms with E-state index >= 15 is 0 Å². The van der Waals surface area contributed by atoms with Crippen molar-refractivity contribution < 1.29 is 23.4 Å². The van der Waals surface area contributed by atoms with E-state index in [-0.39, 0.29) is 24.5 Å². The maximum Gasteiger partial charge on any atom is 0.218 e. The van der Waals surface area contributed by atoms with Crippen molar-refractivity contribution in [3.63, 3.8) is 0 Å². The van der Waals surface area contributed by atoms with E-state index in [2.05, 4.69) is 23.5 Å². The Morgan fingerprint density at radius 3 is 2.59 bits per heavy atom. The fourth-order valence-electron chi connectivity index (χ4n) is 4.69. The summed E-state index contributed by atoms with van der Waals surface area (Å²) in [5.74, 6) is -2.58. The lowest BCUT2D eigenvalue weighted by atomic mass is 9.89. The van der Waals surface area contributed by atoms with Crippen LogP contribution < -0.4 is 11.1 Å². The Kier molecular flexibility index (Phi) is 6.88. The SMILES string of the molecule is NC(=O)CC(CC(O)CNC1(c2cccc(C3CCCO3)c2)CC1)c1cc(F)cc(F)c1. The second-order valence-electron chi connectivity index (χ2n) is 9.05. The van der Waals surface area contributed by atoms with Crippen LogP contribution in [-0.2, 0) is 15.1 Å². The summed E-state index contributed by atoms with van der Waals surface area (Å²) in [6, 6.07) is 11.6. The molecule has 0 spiro atoms. The number of aliphatic hydroxyl groups is 1. The molecule has 2 aliphatic rings. The fraction of sp³-hybridized carbons (Fsp3) is 0.480. The topological polar surface area (TPSA) is 84.6 Å². The zero-order valence-electron chi connectivity index (χ0n) is 18.0. The summed E-state index contributed by atoms with van der Waals surface area (Å²) in [7, 11) is 0. The van der Waals surface area contributed by atoms with Crippen LogP contribution in [0.4, 0.5) is 8.78 Å². The summed E-state index contributed by atoms with van der Waals surface area (Å²) in [5.41, 5.74) is 7.85. The first-order valence-corrected chi connectivity index (χ1v) is 11.2. The molecule has 4 N–H and O–H groups in total. The van der Waals surface area contributed by atoms with E-state index in [0.717, 1.165) is 38.4 Å². The lowest BCUT2D eigenvalue weighted by Crippen LogP contribution is -2.36. The normalized spacial score (nSPS) is 21.3. The molecular weight excluding hydrogens is 414 g/mol. The molecule has 2 fully saturated rings. The third-order valence-electron chi connectivity index (χ3n) is 6.53. The number of ether oxygens (including phenoxy) is 1. The second-order valence-corrected chi connectivity index (χ2v) is 9.05. The molecule has 1 amide bonds. The first kappa shape index (κ1) is 22.8. The number of nitrogens with one attached hydrogen (secondary N) is 1.